The summed E-state index contributed by atoms with van der Waals surface area (Å²) in [7, 11) is 0. The number of benzene rings is 1. The smallest absolute Gasteiger partial charge is 0.147 e. The standard InChI is InChI=1S/C11H11BrO/c1-11(2)9-4-3-8(12)5-7(9)6-10(11)13/h3-5H,6H2,1-2H3. The van der Waals surface area contributed by atoms with E-state index in [2.05, 4.69) is 15.9 Å². The number of rotatable bonds is 0. The quantitative estimate of drug-likeness (QED) is 0.680. The van der Waals surface area contributed by atoms with E-state index in [9.17, 15) is 4.79 Å². The molecule has 2 rings (SSSR count). The van der Waals surface area contributed by atoms with E-state index in [0.717, 1.165) is 4.47 Å². The summed E-state index contributed by atoms with van der Waals surface area (Å²) < 4.78 is 1.05. The topological polar surface area (TPSA) is 17.1 Å². The predicted molar refractivity (Wildman–Crippen MR) is 55.9 cm³/mol. The Labute approximate surface area is 86.3 Å². The minimum atomic E-state index is -0.282. The first kappa shape index (κ1) is 8.95. The van der Waals surface area contributed by atoms with Gasteiger partial charge in [0.25, 0.3) is 0 Å². The summed E-state index contributed by atoms with van der Waals surface area (Å²) in [5, 5.41) is 0. The molecule has 0 aromatic heterocycles. The monoisotopic (exact) mass is 238 g/mol. The van der Waals surface area contributed by atoms with Crippen molar-refractivity contribution in [1.82, 2.24) is 0 Å². The molecule has 0 radical (unpaired) electrons. The molecule has 68 valence electrons. The van der Waals surface area contributed by atoms with E-state index < -0.39 is 0 Å². The van der Waals surface area contributed by atoms with Crippen LogP contribution in [-0.4, -0.2) is 5.78 Å². The normalized spacial score (nSPS) is 18.8. The highest BCUT2D eigenvalue weighted by atomic mass is 79.9. The molecule has 0 N–H and O–H groups in total. The summed E-state index contributed by atoms with van der Waals surface area (Å²) in [6.07, 6.45) is 0.585. The Bertz CT molecular complexity index is 380. The largest absolute Gasteiger partial charge is 0.298 e. The Balaban J connectivity index is 2.62. The minimum Gasteiger partial charge on any atom is -0.298 e. The lowest BCUT2D eigenvalue weighted by molar-refractivity contribution is -0.121. The first-order valence-electron chi connectivity index (χ1n) is 4.34. The molecule has 0 heterocycles. The van der Waals surface area contributed by atoms with E-state index in [1.54, 1.807) is 0 Å². The molecule has 1 aliphatic carbocycles. The van der Waals surface area contributed by atoms with Gasteiger partial charge in [0.1, 0.15) is 5.78 Å². The molecule has 2 heteroatoms. The van der Waals surface area contributed by atoms with Gasteiger partial charge in [-0.1, -0.05) is 22.0 Å². The molecule has 1 aliphatic rings. The summed E-state index contributed by atoms with van der Waals surface area (Å²) in [6.45, 7) is 3.99. The van der Waals surface area contributed by atoms with Crippen LogP contribution in [0.1, 0.15) is 25.0 Å². The van der Waals surface area contributed by atoms with Crippen molar-refractivity contribution < 1.29 is 4.79 Å². The highest BCUT2D eigenvalue weighted by molar-refractivity contribution is 9.10. The van der Waals surface area contributed by atoms with Crippen molar-refractivity contribution in [2.75, 3.05) is 0 Å². The molecule has 0 bridgehead atoms. The van der Waals surface area contributed by atoms with Crippen LogP contribution < -0.4 is 0 Å². The van der Waals surface area contributed by atoms with Gasteiger partial charge in [0.05, 0.1) is 0 Å². The zero-order chi connectivity index (χ0) is 9.64. The van der Waals surface area contributed by atoms with Crippen molar-refractivity contribution >= 4 is 21.7 Å². The van der Waals surface area contributed by atoms with E-state index in [1.165, 1.54) is 11.1 Å². The molecule has 13 heavy (non-hydrogen) atoms. The molecule has 0 saturated heterocycles. The molecule has 0 saturated carbocycles. The lowest BCUT2D eigenvalue weighted by atomic mass is 9.86. The summed E-state index contributed by atoms with van der Waals surface area (Å²) in [5.41, 5.74) is 2.07. The van der Waals surface area contributed by atoms with Crippen LogP contribution in [0.15, 0.2) is 22.7 Å². The van der Waals surface area contributed by atoms with Crippen molar-refractivity contribution in [1.29, 1.82) is 0 Å². The number of Topliss-reactive ketones (excluding diaryl/α,β-unsaturated/α-hetero) is 1. The first-order valence-corrected chi connectivity index (χ1v) is 5.13. The number of fused-ring (bicyclic) bond motifs is 1. The van der Waals surface area contributed by atoms with Crippen LogP contribution in [0.2, 0.25) is 0 Å². The zero-order valence-corrected chi connectivity index (χ0v) is 9.31. The van der Waals surface area contributed by atoms with Crippen LogP contribution in [0.4, 0.5) is 0 Å². The highest BCUT2D eigenvalue weighted by Crippen LogP contribution is 2.36. The van der Waals surface area contributed by atoms with Crippen LogP contribution in [0, 0.1) is 0 Å². The van der Waals surface area contributed by atoms with Crippen molar-refractivity contribution in [2.24, 2.45) is 0 Å². The van der Waals surface area contributed by atoms with Gasteiger partial charge in [-0.15, -0.1) is 0 Å². The summed E-state index contributed by atoms with van der Waals surface area (Å²) in [6, 6.07) is 6.09. The Morgan fingerprint density at radius 3 is 2.77 bits per heavy atom. The van der Waals surface area contributed by atoms with Gasteiger partial charge in [-0.25, -0.2) is 0 Å². The van der Waals surface area contributed by atoms with Crippen LogP contribution in [0.3, 0.4) is 0 Å². The van der Waals surface area contributed by atoms with Crippen molar-refractivity contribution in [2.45, 2.75) is 25.7 Å². The Morgan fingerprint density at radius 2 is 2.08 bits per heavy atom. The number of carbonyl (C=O) groups is 1. The third-order valence-corrected chi connectivity index (χ3v) is 3.28. The van der Waals surface area contributed by atoms with Gasteiger partial charge in [-0.2, -0.15) is 0 Å². The van der Waals surface area contributed by atoms with Crippen LogP contribution in [-0.2, 0) is 16.6 Å². The van der Waals surface area contributed by atoms with Crippen molar-refractivity contribution in [3.05, 3.63) is 33.8 Å². The number of halogens is 1. The molecular formula is C11H11BrO. The Kier molecular flexibility index (Phi) is 1.84. The average molecular weight is 239 g/mol. The summed E-state index contributed by atoms with van der Waals surface area (Å²) >= 11 is 3.41. The summed E-state index contributed by atoms with van der Waals surface area (Å²) in [4.78, 5) is 11.6. The van der Waals surface area contributed by atoms with Crippen LogP contribution in [0.25, 0.3) is 0 Å². The van der Waals surface area contributed by atoms with Gasteiger partial charge < -0.3 is 0 Å². The third kappa shape index (κ3) is 1.24. The fourth-order valence-corrected chi connectivity index (χ4v) is 2.27. The molecular weight excluding hydrogens is 228 g/mol. The maximum Gasteiger partial charge on any atom is 0.147 e. The molecule has 0 aliphatic heterocycles. The van der Waals surface area contributed by atoms with E-state index in [4.69, 9.17) is 0 Å². The molecule has 1 nitrogen and oxygen atoms in total. The second-order valence-electron chi connectivity index (χ2n) is 4.03. The molecule has 0 spiro atoms. The van der Waals surface area contributed by atoms with Gasteiger partial charge >= 0.3 is 0 Å². The van der Waals surface area contributed by atoms with Crippen LogP contribution >= 0.6 is 15.9 Å². The second-order valence-corrected chi connectivity index (χ2v) is 4.94. The Morgan fingerprint density at radius 1 is 1.38 bits per heavy atom. The highest BCUT2D eigenvalue weighted by Gasteiger charge is 2.37. The van der Waals surface area contributed by atoms with Gasteiger partial charge in [0, 0.05) is 16.3 Å². The summed E-state index contributed by atoms with van der Waals surface area (Å²) in [5.74, 6) is 0.320. The van der Waals surface area contributed by atoms with Gasteiger partial charge in [-0.05, 0) is 37.1 Å². The maximum atomic E-state index is 11.6. The van der Waals surface area contributed by atoms with Crippen LogP contribution in [0.5, 0.6) is 0 Å². The predicted octanol–water partition coefficient (Wildman–Crippen LogP) is 2.85. The third-order valence-electron chi connectivity index (χ3n) is 2.79. The van der Waals surface area contributed by atoms with Crippen molar-refractivity contribution in [3.8, 4) is 0 Å². The Hall–Kier alpha value is -0.630. The van der Waals surface area contributed by atoms with E-state index >= 15 is 0 Å². The molecule has 1 aromatic rings. The van der Waals surface area contributed by atoms with E-state index in [1.807, 2.05) is 32.0 Å². The van der Waals surface area contributed by atoms with E-state index in [0.29, 0.717) is 12.2 Å². The number of hydrogen-bond acceptors (Lipinski definition) is 1. The lowest BCUT2D eigenvalue weighted by Gasteiger charge is -2.16. The fourth-order valence-electron chi connectivity index (χ4n) is 1.86. The lowest BCUT2D eigenvalue weighted by Crippen LogP contribution is -2.23. The average Bonchev–Trinajstić information content (AvgIpc) is 2.23. The fraction of sp³-hybridized carbons (Fsp3) is 0.364. The maximum absolute atomic E-state index is 11.6. The number of ketones is 1. The zero-order valence-electron chi connectivity index (χ0n) is 7.73. The minimum absolute atomic E-state index is 0.282. The second kappa shape index (κ2) is 2.68. The SMILES string of the molecule is CC1(C)C(=O)Cc2cc(Br)ccc21. The molecule has 0 unspecified atom stereocenters. The van der Waals surface area contributed by atoms with Gasteiger partial charge in [0.2, 0.25) is 0 Å². The molecule has 0 fully saturated rings. The number of hydrogen-bond donors (Lipinski definition) is 0. The van der Waals surface area contributed by atoms with Gasteiger partial charge in [-0.3, -0.25) is 4.79 Å². The van der Waals surface area contributed by atoms with Crippen molar-refractivity contribution in [3.63, 3.8) is 0 Å². The first-order chi connectivity index (χ1) is 6.01. The number of carbonyl (C=O) groups excluding carboxylic acids is 1. The van der Waals surface area contributed by atoms with Gasteiger partial charge in [0.15, 0.2) is 0 Å². The molecule has 0 amide bonds. The van der Waals surface area contributed by atoms with E-state index in [-0.39, 0.29) is 5.41 Å². The molecule has 1 aromatic carbocycles. The molecule has 0 atom stereocenters.